The number of aliphatic hydroxyl groups is 1. The van der Waals surface area contributed by atoms with Crippen molar-refractivity contribution >= 4 is 23.4 Å². The fraction of sp³-hybridized carbons (Fsp3) is 0.130. The van der Waals surface area contributed by atoms with Gasteiger partial charge in [0.25, 0.3) is 5.78 Å². The van der Waals surface area contributed by atoms with Crippen LogP contribution in [0.3, 0.4) is 0 Å². The lowest BCUT2D eigenvalue weighted by atomic mass is 9.95. The minimum Gasteiger partial charge on any atom is -0.508 e. The first kappa shape index (κ1) is 20.1. The Morgan fingerprint density at radius 3 is 2.42 bits per heavy atom. The van der Waals surface area contributed by atoms with Gasteiger partial charge in [0.2, 0.25) is 5.95 Å². The summed E-state index contributed by atoms with van der Waals surface area (Å²) in [5.41, 5.74) is 0.659. The molecule has 1 aliphatic rings. The summed E-state index contributed by atoms with van der Waals surface area (Å²) in [4.78, 5) is 35.2. The third kappa shape index (κ3) is 3.71. The Morgan fingerprint density at radius 2 is 1.77 bits per heavy atom. The molecule has 31 heavy (non-hydrogen) atoms. The third-order valence-electron chi connectivity index (χ3n) is 4.84. The standard InChI is InChI=1S/C23H19N3O5/c1-2-31-17-9-7-14(8-10-17)20(28)18-19(15-5-3-6-16(27)13-15)26(22(30)21(18)29)23-24-11-4-12-25-23/h3-13,19,27-28H,2H2,1H3/b20-18-. The van der Waals surface area contributed by atoms with E-state index < -0.39 is 17.7 Å². The summed E-state index contributed by atoms with van der Waals surface area (Å²) in [5, 5.41) is 21.0. The van der Waals surface area contributed by atoms with E-state index in [2.05, 4.69) is 9.97 Å². The molecule has 0 radical (unpaired) electrons. The zero-order chi connectivity index (χ0) is 22.0. The Labute approximate surface area is 178 Å². The molecule has 1 aromatic heterocycles. The van der Waals surface area contributed by atoms with Crippen LogP contribution in [0.15, 0.2) is 72.6 Å². The van der Waals surface area contributed by atoms with Gasteiger partial charge in [-0.05, 0) is 55.0 Å². The molecule has 0 bridgehead atoms. The predicted octanol–water partition coefficient (Wildman–Crippen LogP) is 3.21. The molecule has 0 saturated carbocycles. The molecule has 1 unspecified atom stereocenters. The molecule has 2 N–H and O–H groups in total. The van der Waals surface area contributed by atoms with Crippen molar-refractivity contribution in [1.29, 1.82) is 0 Å². The average Bonchev–Trinajstić information content (AvgIpc) is 3.05. The van der Waals surface area contributed by atoms with E-state index >= 15 is 0 Å². The van der Waals surface area contributed by atoms with Crippen LogP contribution < -0.4 is 9.64 Å². The summed E-state index contributed by atoms with van der Waals surface area (Å²) in [7, 11) is 0. The maximum Gasteiger partial charge on any atom is 0.302 e. The van der Waals surface area contributed by atoms with Gasteiger partial charge in [-0.1, -0.05) is 12.1 Å². The molecular weight excluding hydrogens is 398 g/mol. The molecule has 1 amide bonds. The van der Waals surface area contributed by atoms with E-state index in [0.717, 1.165) is 4.90 Å². The molecule has 2 heterocycles. The van der Waals surface area contributed by atoms with Crippen molar-refractivity contribution in [2.24, 2.45) is 0 Å². The maximum absolute atomic E-state index is 13.0. The van der Waals surface area contributed by atoms with Gasteiger partial charge in [-0.15, -0.1) is 0 Å². The number of amides is 1. The van der Waals surface area contributed by atoms with Crippen LogP contribution in [0.5, 0.6) is 11.5 Å². The minimum atomic E-state index is -1.01. The molecule has 4 rings (SSSR count). The molecule has 0 aliphatic carbocycles. The number of ketones is 1. The monoisotopic (exact) mass is 417 g/mol. The zero-order valence-electron chi connectivity index (χ0n) is 16.6. The number of nitrogens with zero attached hydrogens (tertiary/aromatic N) is 3. The second-order valence-corrected chi connectivity index (χ2v) is 6.77. The molecule has 8 nitrogen and oxygen atoms in total. The molecule has 1 atom stereocenters. The Morgan fingerprint density at radius 1 is 1.06 bits per heavy atom. The van der Waals surface area contributed by atoms with E-state index in [4.69, 9.17) is 4.74 Å². The summed E-state index contributed by atoms with van der Waals surface area (Å²) in [6.45, 7) is 2.35. The number of rotatable bonds is 5. The highest BCUT2D eigenvalue weighted by Gasteiger charge is 2.48. The highest BCUT2D eigenvalue weighted by molar-refractivity contribution is 6.51. The van der Waals surface area contributed by atoms with E-state index in [1.54, 1.807) is 42.5 Å². The van der Waals surface area contributed by atoms with Crippen LogP contribution in [-0.2, 0) is 9.59 Å². The largest absolute Gasteiger partial charge is 0.508 e. The highest BCUT2D eigenvalue weighted by Crippen LogP contribution is 2.41. The normalized spacial score (nSPS) is 17.7. The number of carbonyl (C=O) groups is 2. The van der Waals surface area contributed by atoms with Crippen molar-refractivity contribution in [3.8, 4) is 11.5 Å². The fourth-order valence-electron chi connectivity index (χ4n) is 3.50. The lowest BCUT2D eigenvalue weighted by molar-refractivity contribution is -0.132. The summed E-state index contributed by atoms with van der Waals surface area (Å²) in [6.07, 6.45) is 2.90. The number of phenols is 1. The number of aromatic nitrogens is 2. The fourth-order valence-corrected chi connectivity index (χ4v) is 3.50. The van der Waals surface area contributed by atoms with Crippen LogP contribution in [0.4, 0.5) is 5.95 Å². The van der Waals surface area contributed by atoms with Crippen molar-refractivity contribution in [3.05, 3.63) is 83.7 Å². The third-order valence-corrected chi connectivity index (χ3v) is 4.84. The smallest absolute Gasteiger partial charge is 0.302 e. The lowest BCUT2D eigenvalue weighted by Crippen LogP contribution is -2.31. The van der Waals surface area contributed by atoms with Crippen molar-refractivity contribution in [3.63, 3.8) is 0 Å². The van der Waals surface area contributed by atoms with Gasteiger partial charge in [0.05, 0.1) is 18.2 Å². The number of carbonyl (C=O) groups excluding carboxylic acids is 2. The molecule has 1 aliphatic heterocycles. The number of hydrogen-bond donors (Lipinski definition) is 2. The summed E-state index contributed by atoms with van der Waals surface area (Å²) in [6, 6.07) is 13.3. The van der Waals surface area contributed by atoms with Gasteiger partial charge < -0.3 is 14.9 Å². The van der Waals surface area contributed by atoms with Gasteiger partial charge in [-0.3, -0.25) is 14.5 Å². The molecular formula is C23H19N3O5. The van der Waals surface area contributed by atoms with E-state index in [-0.39, 0.29) is 23.0 Å². The molecule has 1 saturated heterocycles. The highest BCUT2D eigenvalue weighted by atomic mass is 16.5. The molecule has 3 aromatic rings. The molecule has 8 heteroatoms. The van der Waals surface area contributed by atoms with E-state index in [1.807, 2.05) is 6.92 Å². The van der Waals surface area contributed by atoms with Gasteiger partial charge in [-0.25, -0.2) is 9.97 Å². The van der Waals surface area contributed by atoms with Gasteiger partial charge in [-0.2, -0.15) is 0 Å². The topological polar surface area (TPSA) is 113 Å². The van der Waals surface area contributed by atoms with Crippen LogP contribution >= 0.6 is 0 Å². The number of phenolic OH excluding ortho intramolecular Hbond substituents is 1. The van der Waals surface area contributed by atoms with Crippen molar-refractivity contribution in [1.82, 2.24) is 9.97 Å². The number of aromatic hydroxyl groups is 1. The Balaban J connectivity index is 1.89. The van der Waals surface area contributed by atoms with Gasteiger partial charge >= 0.3 is 5.91 Å². The van der Waals surface area contributed by atoms with E-state index in [1.165, 1.54) is 24.5 Å². The number of Topliss-reactive ketones (excluding diaryl/α,β-unsaturated/α-hetero) is 1. The van der Waals surface area contributed by atoms with Crippen LogP contribution in [-0.4, -0.2) is 38.5 Å². The molecule has 2 aromatic carbocycles. The Bertz CT molecular complexity index is 1160. The quantitative estimate of drug-likeness (QED) is 0.372. The van der Waals surface area contributed by atoms with E-state index in [9.17, 15) is 19.8 Å². The van der Waals surface area contributed by atoms with Crippen molar-refractivity contribution in [2.75, 3.05) is 11.5 Å². The molecule has 0 spiro atoms. The summed E-state index contributed by atoms with van der Waals surface area (Å²) in [5.74, 6) is -1.49. The van der Waals surface area contributed by atoms with Crippen LogP contribution in [0.25, 0.3) is 5.76 Å². The first-order valence-electron chi connectivity index (χ1n) is 9.61. The zero-order valence-corrected chi connectivity index (χ0v) is 16.6. The van der Waals surface area contributed by atoms with Gasteiger partial charge in [0.15, 0.2) is 0 Å². The van der Waals surface area contributed by atoms with E-state index in [0.29, 0.717) is 23.5 Å². The SMILES string of the molecule is CCOc1ccc(/C(O)=C2/C(=O)C(=O)N(c3ncccn3)C2c2cccc(O)c2)cc1. The summed E-state index contributed by atoms with van der Waals surface area (Å²) < 4.78 is 5.41. The predicted molar refractivity (Wildman–Crippen MR) is 113 cm³/mol. The number of aliphatic hydroxyl groups excluding tert-OH is 1. The number of hydrogen-bond acceptors (Lipinski definition) is 7. The lowest BCUT2D eigenvalue weighted by Gasteiger charge is -2.23. The number of benzene rings is 2. The first-order valence-corrected chi connectivity index (χ1v) is 9.61. The van der Waals surface area contributed by atoms with Crippen LogP contribution in [0, 0.1) is 0 Å². The Kier molecular flexibility index (Phi) is 5.36. The molecule has 1 fully saturated rings. The van der Waals surface area contributed by atoms with Gasteiger partial charge in [0.1, 0.15) is 17.3 Å². The average molecular weight is 417 g/mol. The van der Waals surface area contributed by atoms with Crippen molar-refractivity contribution in [2.45, 2.75) is 13.0 Å². The van der Waals surface area contributed by atoms with Crippen molar-refractivity contribution < 1.29 is 24.5 Å². The van der Waals surface area contributed by atoms with Crippen LogP contribution in [0.1, 0.15) is 24.1 Å². The summed E-state index contributed by atoms with van der Waals surface area (Å²) >= 11 is 0. The Hall–Kier alpha value is -4.20. The first-order chi connectivity index (χ1) is 15.0. The minimum absolute atomic E-state index is 0.0173. The second kappa shape index (κ2) is 8.27. The second-order valence-electron chi connectivity index (χ2n) is 6.77. The number of ether oxygens (including phenoxy) is 1. The molecule has 156 valence electrons. The van der Waals surface area contributed by atoms with Gasteiger partial charge in [0, 0.05) is 18.0 Å². The van der Waals surface area contributed by atoms with Crippen LogP contribution in [0.2, 0.25) is 0 Å². The maximum atomic E-state index is 13.0. The number of anilines is 1.